The first-order chi connectivity index (χ1) is 14.5. The molecule has 0 unspecified atom stereocenters. The van der Waals surface area contributed by atoms with Crippen LogP contribution >= 0.6 is 0 Å². The summed E-state index contributed by atoms with van der Waals surface area (Å²) in [6, 6.07) is 15.5. The van der Waals surface area contributed by atoms with Crippen molar-refractivity contribution in [3.8, 4) is 11.5 Å². The second-order valence-electron chi connectivity index (χ2n) is 7.52. The monoisotopic (exact) mass is 412 g/mol. The van der Waals surface area contributed by atoms with E-state index >= 15 is 0 Å². The van der Waals surface area contributed by atoms with Crippen molar-refractivity contribution in [3.05, 3.63) is 59.7 Å². The number of para-hydroxylation sites is 1. The van der Waals surface area contributed by atoms with Gasteiger partial charge < -0.3 is 24.8 Å². The Hall–Kier alpha value is -3.22. The van der Waals surface area contributed by atoms with Crippen molar-refractivity contribution < 1.29 is 24.2 Å². The number of ether oxygens (including phenoxy) is 2. The van der Waals surface area contributed by atoms with Crippen LogP contribution in [0.25, 0.3) is 0 Å². The Morgan fingerprint density at radius 1 is 1.03 bits per heavy atom. The van der Waals surface area contributed by atoms with Gasteiger partial charge in [-0.1, -0.05) is 42.5 Å². The summed E-state index contributed by atoms with van der Waals surface area (Å²) in [5, 5.41) is 12.3. The van der Waals surface area contributed by atoms with E-state index in [1.165, 1.54) is 4.90 Å². The summed E-state index contributed by atoms with van der Waals surface area (Å²) in [4.78, 5) is 25.7. The zero-order valence-electron chi connectivity index (χ0n) is 17.4. The zero-order chi connectivity index (χ0) is 21.6. The van der Waals surface area contributed by atoms with E-state index < -0.39 is 6.09 Å². The Balaban J connectivity index is 1.73. The van der Waals surface area contributed by atoms with Gasteiger partial charge in [-0.2, -0.15) is 0 Å². The standard InChI is InChI=1S/C23H28N2O5/c1-29-19-10-6-7-17(21(19)30-2)16-24-20(26)15-23(18-8-4-3-5-9-18)11-13-25(14-12-23)22(27)28/h3-10H,11-16H2,1-2H3,(H,24,26)(H,27,28). The molecule has 3 rings (SSSR count). The molecule has 0 atom stereocenters. The maximum atomic E-state index is 12.9. The third kappa shape index (κ3) is 4.67. The van der Waals surface area contributed by atoms with Crippen LogP contribution in [0.2, 0.25) is 0 Å². The van der Waals surface area contributed by atoms with Gasteiger partial charge in [-0.15, -0.1) is 0 Å². The summed E-state index contributed by atoms with van der Waals surface area (Å²) in [5.41, 5.74) is 1.53. The molecule has 160 valence electrons. The molecule has 1 heterocycles. The van der Waals surface area contributed by atoms with Gasteiger partial charge in [0.1, 0.15) is 0 Å². The Morgan fingerprint density at radius 3 is 2.33 bits per heavy atom. The quantitative estimate of drug-likeness (QED) is 0.728. The Kier molecular flexibility index (Phi) is 6.82. The third-order valence-electron chi connectivity index (χ3n) is 5.84. The number of piperidine rings is 1. The molecule has 7 nitrogen and oxygen atoms in total. The SMILES string of the molecule is COc1cccc(CNC(=O)CC2(c3ccccc3)CCN(C(=O)O)CC2)c1OC. The van der Waals surface area contributed by atoms with Gasteiger partial charge >= 0.3 is 6.09 Å². The molecule has 0 bridgehead atoms. The van der Waals surface area contributed by atoms with Gasteiger partial charge in [0.25, 0.3) is 0 Å². The first-order valence-electron chi connectivity index (χ1n) is 9.99. The lowest BCUT2D eigenvalue weighted by atomic mass is 9.70. The highest BCUT2D eigenvalue weighted by atomic mass is 16.5. The molecular formula is C23H28N2O5. The molecule has 0 radical (unpaired) electrons. The molecule has 2 N–H and O–H groups in total. The average Bonchev–Trinajstić information content (AvgIpc) is 2.78. The third-order valence-corrected chi connectivity index (χ3v) is 5.84. The van der Waals surface area contributed by atoms with Crippen LogP contribution in [-0.4, -0.2) is 49.3 Å². The summed E-state index contributed by atoms with van der Waals surface area (Å²) in [6.07, 6.45) is 0.612. The minimum atomic E-state index is -0.911. The Morgan fingerprint density at radius 2 is 1.73 bits per heavy atom. The van der Waals surface area contributed by atoms with Gasteiger partial charge in [0.05, 0.1) is 14.2 Å². The van der Waals surface area contributed by atoms with E-state index in [2.05, 4.69) is 5.32 Å². The van der Waals surface area contributed by atoms with Crippen LogP contribution in [0.4, 0.5) is 4.79 Å². The molecule has 2 amide bonds. The molecule has 7 heteroatoms. The molecular weight excluding hydrogens is 384 g/mol. The fourth-order valence-corrected chi connectivity index (χ4v) is 4.14. The van der Waals surface area contributed by atoms with E-state index in [9.17, 15) is 14.7 Å². The Bertz CT molecular complexity index is 876. The minimum absolute atomic E-state index is 0.0764. The van der Waals surface area contributed by atoms with Crippen molar-refractivity contribution in [1.82, 2.24) is 10.2 Å². The van der Waals surface area contributed by atoms with E-state index in [1.54, 1.807) is 14.2 Å². The Labute approximate surface area is 176 Å². The van der Waals surface area contributed by atoms with Gasteiger partial charge in [0.15, 0.2) is 11.5 Å². The lowest BCUT2D eigenvalue weighted by Crippen LogP contribution is -2.46. The van der Waals surface area contributed by atoms with Crippen LogP contribution in [0.3, 0.4) is 0 Å². The molecule has 2 aromatic carbocycles. The van der Waals surface area contributed by atoms with E-state index in [0.717, 1.165) is 11.1 Å². The summed E-state index contributed by atoms with van der Waals surface area (Å²) in [7, 11) is 3.15. The van der Waals surface area contributed by atoms with Crippen molar-refractivity contribution in [2.24, 2.45) is 0 Å². The van der Waals surface area contributed by atoms with Crippen molar-refractivity contribution in [2.45, 2.75) is 31.2 Å². The molecule has 0 spiro atoms. The highest BCUT2D eigenvalue weighted by Crippen LogP contribution is 2.39. The van der Waals surface area contributed by atoms with Gasteiger partial charge in [0, 0.05) is 37.0 Å². The highest BCUT2D eigenvalue weighted by Gasteiger charge is 2.39. The number of amides is 2. The van der Waals surface area contributed by atoms with E-state index in [1.807, 2.05) is 48.5 Å². The maximum Gasteiger partial charge on any atom is 0.407 e. The molecule has 2 aromatic rings. The molecule has 30 heavy (non-hydrogen) atoms. The normalized spacial score (nSPS) is 15.3. The molecule has 1 aliphatic heterocycles. The van der Waals surface area contributed by atoms with Crippen LogP contribution in [0.5, 0.6) is 11.5 Å². The number of carboxylic acid groups (broad SMARTS) is 1. The number of benzene rings is 2. The van der Waals surface area contributed by atoms with Crippen molar-refractivity contribution in [3.63, 3.8) is 0 Å². The largest absolute Gasteiger partial charge is 0.493 e. The molecule has 1 saturated heterocycles. The smallest absolute Gasteiger partial charge is 0.407 e. The molecule has 0 aliphatic carbocycles. The first kappa shape index (κ1) is 21.5. The minimum Gasteiger partial charge on any atom is -0.493 e. The lowest BCUT2D eigenvalue weighted by molar-refractivity contribution is -0.123. The van der Waals surface area contributed by atoms with Crippen LogP contribution < -0.4 is 14.8 Å². The number of hydrogen-bond donors (Lipinski definition) is 2. The second-order valence-corrected chi connectivity index (χ2v) is 7.52. The van der Waals surface area contributed by atoms with Crippen LogP contribution in [0.1, 0.15) is 30.4 Å². The summed E-state index contributed by atoms with van der Waals surface area (Å²) < 4.78 is 10.8. The van der Waals surface area contributed by atoms with Crippen molar-refractivity contribution >= 4 is 12.0 Å². The number of hydrogen-bond acceptors (Lipinski definition) is 4. The van der Waals surface area contributed by atoms with E-state index in [0.29, 0.717) is 50.4 Å². The molecule has 1 aliphatic rings. The summed E-state index contributed by atoms with van der Waals surface area (Å²) in [5.74, 6) is 1.14. The topological polar surface area (TPSA) is 88.1 Å². The molecule has 1 fully saturated rings. The van der Waals surface area contributed by atoms with E-state index in [-0.39, 0.29) is 11.3 Å². The number of nitrogens with one attached hydrogen (secondary N) is 1. The van der Waals surface area contributed by atoms with Gasteiger partial charge in [-0.25, -0.2) is 4.79 Å². The highest BCUT2D eigenvalue weighted by molar-refractivity contribution is 5.78. The number of carbonyl (C=O) groups is 2. The van der Waals surface area contributed by atoms with Crippen LogP contribution in [0, 0.1) is 0 Å². The predicted octanol–water partition coefficient (Wildman–Crippen LogP) is 3.42. The first-order valence-corrected chi connectivity index (χ1v) is 9.99. The van der Waals surface area contributed by atoms with Crippen molar-refractivity contribution in [1.29, 1.82) is 0 Å². The fraction of sp³-hybridized carbons (Fsp3) is 0.391. The lowest BCUT2D eigenvalue weighted by Gasteiger charge is -2.41. The van der Waals surface area contributed by atoms with E-state index in [4.69, 9.17) is 9.47 Å². The number of likely N-dealkylation sites (tertiary alicyclic amines) is 1. The van der Waals surface area contributed by atoms with Crippen LogP contribution in [0.15, 0.2) is 48.5 Å². The summed E-state index contributed by atoms with van der Waals surface area (Å²) in [6.45, 7) is 1.16. The number of carbonyl (C=O) groups excluding carboxylic acids is 1. The zero-order valence-corrected chi connectivity index (χ0v) is 17.4. The second kappa shape index (κ2) is 9.52. The molecule has 0 saturated carbocycles. The van der Waals surface area contributed by atoms with Gasteiger partial charge in [0.2, 0.25) is 5.91 Å². The number of methoxy groups -OCH3 is 2. The number of rotatable bonds is 7. The average molecular weight is 412 g/mol. The number of nitrogens with zero attached hydrogens (tertiary/aromatic N) is 1. The van der Waals surface area contributed by atoms with Gasteiger partial charge in [-0.05, 0) is 24.5 Å². The van der Waals surface area contributed by atoms with Gasteiger partial charge in [-0.3, -0.25) is 4.79 Å². The summed E-state index contributed by atoms with van der Waals surface area (Å²) >= 11 is 0. The predicted molar refractivity (Wildman–Crippen MR) is 113 cm³/mol. The van der Waals surface area contributed by atoms with Crippen molar-refractivity contribution in [2.75, 3.05) is 27.3 Å². The molecule has 0 aromatic heterocycles. The maximum absolute atomic E-state index is 12.9. The fourth-order valence-electron chi connectivity index (χ4n) is 4.14. The van der Waals surface area contributed by atoms with Crippen LogP contribution in [-0.2, 0) is 16.8 Å².